The van der Waals surface area contributed by atoms with E-state index in [2.05, 4.69) is 41.0 Å². The van der Waals surface area contributed by atoms with E-state index in [0.717, 1.165) is 24.9 Å². The predicted molar refractivity (Wildman–Crippen MR) is 96.0 cm³/mol. The lowest BCUT2D eigenvalue weighted by Crippen LogP contribution is -2.45. The second-order valence-electron chi connectivity index (χ2n) is 7.00. The van der Waals surface area contributed by atoms with Gasteiger partial charge in [0.15, 0.2) is 0 Å². The summed E-state index contributed by atoms with van der Waals surface area (Å²) >= 11 is 0. The molecule has 3 nitrogen and oxygen atoms in total. The number of rotatable bonds is 5. The molecule has 0 N–H and O–H groups in total. The topological polar surface area (TPSA) is 15.7 Å². The summed E-state index contributed by atoms with van der Waals surface area (Å²) in [6.45, 7) is 8.94. The minimum absolute atomic E-state index is 0.744. The number of nitrogens with zero attached hydrogens (tertiary/aromatic N) is 2. The Balaban J connectivity index is 1.51. The summed E-state index contributed by atoms with van der Waals surface area (Å²) in [4.78, 5) is 5.38. The Labute approximate surface area is 141 Å². The summed E-state index contributed by atoms with van der Waals surface area (Å²) in [5, 5.41) is 0. The lowest BCUT2D eigenvalue weighted by atomic mass is 10.0. The number of piperidine rings is 1. The van der Waals surface area contributed by atoms with E-state index < -0.39 is 0 Å². The van der Waals surface area contributed by atoms with Crippen molar-refractivity contribution in [2.75, 3.05) is 32.8 Å². The van der Waals surface area contributed by atoms with Crippen LogP contribution in [-0.4, -0.2) is 48.6 Å². The highest BCUT2D eigenvalue weighted by Crippen LogP contribution is 2.24. The van der Waals surface area contributed by atoms with E-state index >= 15 is 0 Å². The lowest BCUT2D eigenvalue weighted by molar-refractivity contribution is 0.106. The summed E-state index contributed by atoms with van der Waals surface area (Å²) < 4.78 is 5.77. The molecular formula is C20H32N2O. The third-order valence-corrected chi connectivity index (χ3v) is 5.38. The molecule has 1 aromatic carbocycles. The van der Waals surface area contributed by atoms with Gasteiger partial charge in [0.25, 0.3) is 0 Å². The van der Waals surface area contributed by atoms with Crippen LogP contribution in [0.3, 0.4) is 0 Å². The van der Waals surface area contributed by atoms with Crippen LogP contribution in [0, 0.1) is 0 Å². The molecule has 0 atom stereocenters. The van der Waals surface area contributed by atoms with Crippen molar-refractivity contribution < 1.29 is 4.74 Å². The average molecular weight is 316 g/mol. The first kappa shape index (κ1) is 16.8. The number of hydrogen-bond acceptors (Lipinski definition) is 3. The zero-order chi connectivity index (χ0) is 15.9. The molecule has 23 heavy (non-hydrogen) atoms. The van der Waals surface area contributed by atoms with Crippen molar-refractivity contribution in [2.24, 2.45) is 0 Å². The van der Waals surface area contributed by atoms with Crippen LogP contribution in [0.1, 0.15) is 51.0 Å². The van der Waals surface area contributed by atoms with Crippen LogP contribution in [0.5, 0.6) is 5.75 Å². The molecule has 2 aliphatic heterocycles. The van der Waals surface area contributed by atoms with Crippen LogP contribution in [0.15, 0.2) is 24.3 Å². The largest absolute Gasteiger partial charge is 0.494 e. The van der Waals surface area contributed by atoms with Crippen LogP contribution < -0.4 is 4.74 Å². The van der Waals surface area contributed by atoms with Gasteiger partial charge in [-0.3, -0.25) is 4.90 Å². The van der Waals surface area contributed by atoms with Crippen molar-refractivity contribution >= 4 is 0 Å². The van der Waals surface area contributed by atoms with E-state index in [-0.39, 0.29) is 0 Å². The van der Waals surface area contributed by atoms with Gasteiger partial charge in [-0.15, -0.1) is 0 Å². The summed E-state index contributed by atoms with van der Waals surface area (Å²) in [7, 11) is 0. The molecule has 0 aromatic heterocycles. The van der Waals surface area contributed by atoms with Crippen molar-refractivity contribution in [1.82, 2.24) is 9.80 Å². The lowest BCUT2D eigenvalue weighted by Gasteiger charge is -2.38. The fourth-order valence-electron chi connectivity index (χ4n) is 4.07. The van der Waals surface area contributed by atoms with Gasteiger partial charge >= 0.3 is 0 Å². The van der Waals surface area contributed by atoms with Gasteiger partial charge in [-0.2, -0.15) is 0 Å². The number of likely N-dealkylation sites (tertiary alicyclic amines) is 2. The van der Waals surface area contributed by atoms with E-state index in [1.54, 1.807) is 0 Å². The molecule has 0 bridgehead atoms. The fraction of sp³-hybridized carbons (Fsp3) is 0.700. The molecule has 0 aliphatic carbocycles. The summed E-state index contributed by atoms with van der Waals surface area (Å²) in [6, 6.07) is 9.34. The second-order valence-corrected chi connectivity index (χ2v) is 7.00. The summed E-state index contributed by atoms with van der Waals surface area (Å²) in [5.74, 6) is 1.06. The van der Waals surface area contributed by atoms with E-state index in [1.165, 1.54) is 70.3 Å². The first-order valence-electron chi connectivity index (χ1n) is 9.54. The monoisotopic (exact) mass is 316 g/mol. The predicted octanol–water partition coefficient (Wildman–Crippen LogP) is 3.93. The van der Waals surface area contributed by atoms with E-state index in [9.17, 15) is 0 Å². The van der Waals surface area contributed by atoms with E-state index in [0.29, 0.717) is 0 Å². The molecule has 0 radical (unpaired) electrons. The van der Waals surface area contributed by atoms with Crippen LogP contribution >= 0.6 is 0 Å². The Hall–Kier alpha value is -1.06. The normalized spacial score (nSPS) is 22.0. The van der Waals surface area contributed by atoms with Crippen molar-refractivity contribution in [3.8, 4) is 5.75 Å². The molecule has 0 amide bonds. The fourth-order valence-corrected chi connectivity index (χ4v) is 4.07. The molecule has 3 heteroatoms. The first-order valence-corrected chi connectivity index (χ1v) is 9.54. The van der Waals surface area contributed by atoms with E-state index in [1.807, 2.05) is 0 Å². The third kappa shape index (κ3) is 4.71. The van der Waals surface area contributed by atoms with Gasteiger partial charge in [0.2, 0.25) is 0 Å². The Morgan fingerprint density at radius 1 is 0.957 bits per heavy atom. The number of benzene rings is 1. The highest BCUT2D eigenvalue weighted by molar-refractivity contribution is 5.33. The van der Waals surface area contributed by atoms with Gasteiger partial charge in [0.05, 0.1) is 6.61 Å². The molecule has 2 fully saturated rings. The maximum atomic E-state index is 5.77. The van der Waals surface area contributed by atoms with Gasteiger partial charge in [-0.25, -0.2) is 0 Å². The third-order valence-electron chi connectivity index (χ3n) is 5.38. The SMILES string of the molecule is CCOc1ccccc1CN1CCC(N2CCCCCC2)CC1. The van der Waals surface area contributed by atoms with Crippen molar-refractivity contribution in [1.29, 1.82) is 0 Å². The van der Waals surface area contributed by atoms with E-state index in [4.69, 9.17) is 4.74 Å². The standard InChI is InChI=1S/C20H32N2O/c1-2-23-20-10-6-5-9-18(20)17-21-15-11-19(12-16-21)22-13-7-3-4-8-14-22/h5-6,9-10,19H,2-4,7-8,11-17H2,1H3. The minimum Gasteiger partial charge on any atom is -0.494 e. The van der Waals surface area contributed by atoms with Crippen LogP contribution in [0.25, 0.3) is 0 Å². The highest BCUT2D eigenvalue weighted by atomic mass is 16.5. The average Bonchev–Trinajstić information content (AvgIpc) is 2.87. The second kappa shape index (κ2) is 8.70. The molecule has 3 rings (SSSR count). The zero-order valence-corrected chi connectivity index (χ0v) is 14.7. The Kier molecular flexibility index (Phi) is 6.35. The maximum Gasteiger partial charge on any atom is 0.123 e. The molecule has 2 heterocycles. The first-order chi connectivity index (χ1) is 11.4. The Morgan fingerprint density at radius 2 is 1.65 bits per heavy atom. The minimum atomic E-state index is 0.744. The number of para-hydroxylation sites is 1. The Morgan fingerprint density at radius 3 is 2.35 bits per heavy atom. The molecule has 128 valence electrons. The molecule has 1 aromatic rings. The van der Waals surface area contributed by atoms with Crippen LogP contribution in [0.4, 0.5) is 0 Å². The van der Waals surface area contributed by atoms with Crippen LogP contribution in [0.2, 0.25) is 0 Å². The van der Waals surface area contributed by atoms with Gasteiger partial charge in [0, 0.05) is 18.2 Å². The number of ether oxygens (including phenoxy) is 1. The van der Waals surface area contributed by atoms with Gasteiger partial charge in [-0.1, -0.05) is 31.0 Å². The Bertz CT molecular complexity index is 460. The molecule has 2 aliphatic rings. The maximum absolute atomic E-state index is 5.77. The number of hydrogen-bond donors (Lipinski definition) is 0. The van der Waals surface area contributed by atoms with Crippen molar-refractivity contribution in [3.63, 3.8) is 0 Å². The van der Waals surface area contributed by atoms with Crippen LogP contribution in [-0.2, 0) is 6.54 Å². The summed E-state index contributed by atoms with van der Waals surface area (Å²) in [6.07, 6.45) is 8.34. The zero-order valence-electron chi connectivity index (χ0n) is 14.7. The van der Waals surface area contributed by atoms with Crippen molar-refractivity contribution in [2.45, 2.75) is 58.0 Å². The van der Waals surface area contributed by atoms with Crippen molar-refractivity contribution in [3.05, 3.63) is 29.8 Å². The van der Waals surface area contributed by atoms with Gasteiger partial charge in [0.1, 0.15) is 5.75 Å². The highest BCUT2D eigenvalue weighted by Gasteiger charge is 2.25. The quantitative estimate of drug-likeness (QED) is 0.819. The molecular weight excluding hydrogens is 284 g/mol. The molecule has 0 spiro atoms. The molecule has 0 saturated carbocycles. The molecule has 2 saturated heterocycles. The smallest absolute Gasteiger partial charge is 0.123 e. The summed E-state index contributed by atoms with van der Waals surface area (Å²) in [5.41, 5.74) is 1.34. The van der Waals surface area contributed by atoms with Gasteiger partial charge in [-0.05, 0) is 64.9 Å². The molecule has 0 unspecified atom stereocenters. The van der Waals surface area contributed by atoms with Gasteiger partial charge < -0.3 is 9.64 Å².